The first kappa shape index (κ1) is 45.1. The Morgan fingerprint density at radius 3 is 2.12 bits per heavy atom. The van der Waals surface area contributed by atoms with Crippen molar-refractivity contribution in [2.45, 2.75) is 128 Å². The number of benzene rings is 3. The summed E-state index contributed by atoms with van der Waals surface area (Å²) in [5.74, 6) is 1.90. The Hall–Kier alpha value is -3.57. The predicted octanol–water partition coefficient (Wildman–Crippen LogP) is 15.1. The fourth-order valence-corrected chi connectivity index (χ4v) is 8.65. The van der Waals surface area contributed by atoms with Crippen molar-refractivity contribution in [3.63, 3.8) is 0 Å². The molecule has 0 amide bonds. The molecule has 6 heteroatoms. The van der Waals surface area contributed by atoms with Crippen molar-refractivity contribution in [2.75, 3.05) is 0 Å². The van der Waals surface area contributed by atoms with Gasteiger partial charge in [0.1, 0.15) is 17.1 Å². The van der Waals surface area contributed by atoms with Crippen LogP contribution in [0.15, 0.2) is 77.0 Å². The molecule has 0 saturated carbocycles. The molecule has 0 fully saturated rings. The number of carbonyl (C=O) groups is 1. The number of pyridine rings is 1. The van der Waals surface area contributed by atoms with E-state index in [2.05, 4.69) is 109 Å². The Kier molecular flexibility index (Phi) is 14.4. The number of aliphatic hydroxyl groups is 1. The van der Waals surface area contributed by atoms with Crippen LogP contribution in [0, 0.1) is 36.7 Å². The maximum atomic E-state index is 12.2. The van der Waals surface area contributed by atoms with E-state index in [4.69, 9.17) is 9.40 Å². The van der Waals surface area contributed by atoms with Crippen LogP contribution in [-0.2, 0) is 36.7 Å². The van der Waals surface area contributed by atoms with Crippen LogP contribution >= 0.6 is 11.3 Å². The van der Waals surface area contributed by atoms with Crippen LogP contribution in [0.1, 0.15) is 124 Å². The minimum Gasteiger partial charge on any atom is -0.512 e. The smallest absolute Gasteiger partial charge is 0.164 e. The van der Waals surface area contributed by atoms with E-state index in [0.717, 1.165) is 60.1 Å². The molecule has 3 aromatic heterocycles. The van der Waals surface area contributed by atoms with Crippen molar-refractivity contribution < 1.29 is 34.4 Å². The topological polar surface area (TPSA) is 63.3 Å². The van der Waals surface area contributed by atoms with E-state index in [0.29, 0.717) is 5.92 Å². The third-order valence-electron chi connectivity index (χ3n) is 12.2. The van der Waals surface area contributed by atoms with E-state index in [1.165, 1.54) is 54.1 Å². The van der Waals surface area contributed by atoms with E-state index in [9.17, 15) is 9.90 Å². The summed E-state index contributed by atoms with van der Waals surface area (Å²) in [6.07, 6.45) is 7.73. The number of fused-ring (bicyclic) bond motifs is 3. The number of aromatic nitrogens is 1. The van der Waals surface area contributed by atoms with Gasteiger partial charge < -0.3 is 9.52 Å². The van der Waals surface area contributed by atoms with Gasteiger partial charge in [-0.2, -0.15) is 0 Å². The van der Waals surface area contributed by atoms with Gasteiger partial charge in [0.25, 0.3) is 0 Å². The molecule has 0 atom stereocenters. The molecule has 0 bridgehead atoms. The molecule has 0 spiro atoms. The number of allylic oxidation sites excluding steroid dienone is 2. The SMILES string of the molecule is CCC(C)(CC)C(=O)/C=C(\O)C(C)(CC)CC.Cc1oc2ccc(-c3sc4c(-c5[c-]c6ccccc6c(C(C)(C)C)c5)nccc4c3C)cc2c1CC(C)C.[Ir]. The van der Waals surface area contributed by atoms with Crippen molar-refractivity contribution in [3.8, 4) is 21.7 Å². The monoisotopic (exact) mass is 949 g/mol. The molecule has 6 aromatic rings. The van der Waals surface area contributed by atoms with E-state index in [1.807, 2.05) is 59.1 Å². The van der Waals surface area contributed by atoms with E-state index < -0.39 is 0 Å². The molecule has 0 aliphatic carbocycles. The molecular formula is C50H62IrNO3S-. The molecule has 3 aromatic carbocycles. The Morgan fingerprint density at radius 1 is 0.875 bits per heavy atom. The number of hydrogen-bond acceptors (Lipinski definition) is 5. The first-order valence-electron chi connectivity index (χ1n) is 20.2. The Bertz CT molecular complexity index is 2340. The molecular weight excluding hydrogens is 887 g/mol. The average Bonchev–Trinajstić information content (AvgIpc) is 3.67. The zero-order chi connectivity index (χ0) is 40.5. The number of ketones is 1. The first-order valence-corrected chi connectivity index (χ1v) is 21.0. The largest absolute Gasteiger partial charge is 0.512 e. The quantitative estimate of drug-likeness (QED) is 0.0798. The second-order valence-corrected chi connectivity index (χ2v) is 18.4. The van der Waals surface area contributed by atoms with Crippen molar-refractivity contribution in [2.24, 2.45) is 16.7 Å². The molecule has 1 N–H and O–H groups in total. The second kappa shape index (κ2) is 17.9. The van der Waals surface area contributed by atoms with Crippen LogP contribution in [0.4, 0.5) is 0 Å². The third kappa shape index (κ3) is 9.09. The number of nitrogens with zero attached hydrogens (tertiary/aromatic N) is 1. The van der Waals surface area contributed by atoms with Gasteiger partial charge in [0.05, 0.1) is 0 Å². The molecule has 0 aliphatic heterocycles. The predicted molar refractivity (Wildman–Crippen MR) is 236 cm³/mol. The number of carbonyl (C=O) groups excluding carboxylic acids is 1. The van der Waals surface area contributed by atoms with E-state index in [1.54, 1.807) is 0 Å². The minimum absolute atomic E-state index is 0. The van der Waals surface area contributed by atoms with E-state index >= 15 is 0 Å². The minimum atomic E-state index is -0.337. The molecule has 56 heavy (non-hydrogen) atoms. The fraction of sp³-hybridized carbons (Fsp3) is 0.440. The summed E-state index contributed by atoms with van der Waals surface area (Å²) in [4.78, 5) is 18.4. The first-order chi connectivity index (χ1) is 25.9. The Morgan fingerprint density at radius 2 is 1.52 bits per heavy atom. The summed E-state index contributed by atoms with van der Waals surface area (Å²) < 4.78 is 7.34. The standard InChI is InChI=1S/C35H34NOS.C15H28O2.Ir/c1-20(2)16-28-22(4)37-31-13-12-24(18-29(28)31)33-21(3)26-14-15-36-32(34(26)38-33)25-17-23-10-8-9-11-27(23)30(19-25)35(5,6)7;1-7-14(5,8-2)12(16)11-13(17)15(6,9-3)10-4;/h8-15,18-20H,16H2,1-7H3;11,16H,7-10H2,1-6H3;/q-1;;/b;12-11-;. The molecule has 1 radical (unpaired) electrons. The van der Waals surface area contributed by atoms with Crippen LogP contribution in [0.25, 0.3) is 53.5 Å². The molecule has 0 unspecified atom stereocenters. The van der Waals surface area contributed by atoms with Crippen LogP contribution in [-0.4, -0.2) is 15.9 Å². The van der Waals surface area contributed by atoms with Crippen LogP contribution < -0.4 is 0 Å². The number of rotatable bonds is 11. The van der Waals surface area contributed by atoms with Crippen LogP contribution in [0.3, 0.4) is 0 Å². The van der Waals surface area contributed by atoms with Gasteiger partial charge in [0.2, 0.25) is 0 Å². The number of hydrogen-bond donors (Lipinski definition) is 1. The summed E-state index contributed by atoms with van der Waals surface area (Å²) >= 11 is 1.84. The fourth-order valence-electron chi connectivity index (χ4n) is 7.35. The Labute approximate surface area is 353 Å². The Balaban J connectivity index is 0.000000330. The van der Waals surface area contributed by atoms with Crippen LogP contribution in [0.5, 0.6) is 0 Å². The summed E-state index contributed by atoms with van der Waals surface area (Å²) in [5, 5.41) is 15.0. The zero-order valence-corrected chi connectivity index (χ0v) is 39.1. The zero-order valence-electron chi connectivity index (χ0n) is 35.9. The summed E-state index contributed by atoms with van der Waals surface area (Å²) in [5.41, 5.74) is 7.66. The van der Waals surface area contributed by atoms with Crippen molar-refractivity contribution in [1.29, 1.82) is 0 Å². The number of thiophene rings is 1. The molecule has 0 saturated heterocycles. The van der Waals surface area contributed by atoms with Gasteiger partial charge in [-0.15, -0.1) is 40.5 Å². The molecule has 4 nitrogen and oxygen atoms in total. The van der Waals surface area contributed by atoms with Gasteiger partial charge in [-0.1, -0.05) is 105 Å². The summed E-state index contributed by atoms with van der Waals surface area (Å²) in [7, 11) is 0. The summed E-state index contributed by atoms with van der Waals surface area (Å²) in [6.45, 7) is 27.8. The van der Waals surface area contributed by atoms with E-state index in [-0.39, 0.29) is 47.9 Å². The van der Waals surface area contributed by atoms with Gasteiger partial charge >= 0.3 is 0 Å². The molecule has 3 heterocycles. The molecule has 301 valence electrons. The summed E-state index contributed by atoms with van der Waals surface area (Å²) in [6, 6.07) is 23.4. The average molecular weight is 949 g/mol. The maximum absolute atomic E-state index is 12.2. The van der Waals surface area contributed by atoms with Crippen LogP contribution in [0.2, 0.25) is 0 Å². The molecule has 0 aliphatic rings. The van der Waals surface area contributed by atoms with Crippen molar-refractivity contribution in [1.82, 2.24) is 4.98 Å². The van der Waals surface area contributed by atoms with Gasteiger partial charge in [0.15, 0.2) is 5.78 Å². The van der Waals surface area contributed by atoms with Crippen molar-refractivity contribution in [3.05, 3.63) is 101 Å². The molecule has 6 rings (SSSR count). The third-order valence-corrected chi connectivity index (χ3v) is 13.5. The van der Waals surface area contributed by atoms with Crippen molar-refractivity contribution >= 4 is 48.9 Å². The normalized spacial score (nSPS) is 12.6. The number of aliphatic hydroxyl groups excluding tert-OH is 1. The van der Waals surface area contributed by atoms with Gasteiger partial charge in [-0.25, -0.2) is 0 Å². The second-order valence-electron chi connectivity index (χ2n) is 17.4. The number of aryl methyl sites for hydroxylation is 2. The number of furan rings is 1. The van der Waals surface area contributed by atoms with Gasteiger partial charge in [0, 0.05) is 69.4 Å². The van der Waals surface area contributed by atoms with Gasteiger partial charge in [-0.3, -0.25) is 9.78 Å². The van der Waals surface area contributed by atoms with Gasteiger partial charge in [-0.05, 0) is 98.1 Å². The maximum Gasteiger partial charge on any atom is 0.164 e.